The molecule has 2 aromatic rings. The molecule has 21 heavy (non-hydrogen) atoms. The highest BCUT2D eigenvalue weighted by Crippen LogP contribution is 2.34. The molecule has 10 heteroatoms. The third-order valence-electron chi connectivity index (χ3n) is 2.36. The van der Waals surface area contributed by atoms with Gasteiger partial charge in [0.15, 0.2) is 0 Å². The van der Waals surface area contributed by atoms with Crippen molar-refractivity contribution in [3.8, 4) is 0 Å². The highest BCUT2D eigenvalue weighted by Gasteiger charge is 2.31. The van der Waals surface area contributed by atoms with Crippen molar-refractivity contribution in [3.63, 3.8) is 0 Å². The summed E-state index contributed by atoms with van der Waals surface area (Å²) in [5, 5.41) is 2.68. The molecule has 0 saturated heterocycles. The Bertz CT molecular complexity index is 665. The number of nitrogens with one attached hydrogen (secondary N) is 2. The summed E-state index contributed by atoms with van der Waals surface area (Å²) in [4.78, 5) is 7.81. The van der Waals surface area contributed by atoms with Gasteiger partial charge in [-0.2, -0.15) is 18.2 Å². The number of hydrazine groups is 1. The zero-order valence-corrected chi connectivity index (χ0v) is 12.5. The second-order valence-corrected chi connectivity index (χ2v) is 5.18. The number of aromatic nitrogens is 2. The fourth-order valence-corrected chi connectivity index (χ4v) is 2.01. The molecule has 0 saturated carbocycles. The van der Waals surface area contributed by atoms with Gasteiger partial charge >= 0.3 is 6.18 Å². The van der Waals surface area contributed by atoms with Crippen LogP contribution in [0.25, 0.3) is 0 Å². The van der Waals surface area contributed by atoms with E-state index < -0.39 is 11.7 Å². The minimum Gasteiger partial charge on any atom is -0.339 e. The summed E-state index contributed by atoms with van der Waals surface area (Å²) in [7, 11) is 0. The number of alkyl halides is 3. The van der Waals surface area contributed by atoms with Crippen molar-refractivity contribution < 1.29 is 13.2 Å². The minimum absolute atomic E-state index is 0.0466. The van der Waals surface area contributed by atoms with E-state index >= 15 is 0 Å². The zero-order chi connectivity index (χ0) is 15.6. The van der Waals surface area contributed by atoms with Crippen molar-refractivity contribution in [1.29, 1.82) is 0 Å². The van der Waals surface area contributed by atoms with Crippen molar-refractivity contribution >= 4 is 45.0 Å². The predicted octanol–water partition coefficient (Wildman–Crippen LogP) is 3.94. The lowest BCUT2D eigenvalue weighted by Crippen LogP contribution is -2.11. The highest BCUT2D eigenvalue weighted by molar-refractivity contribution is 9.10. The van der Waals surface area contributed by atoms with E-state index in [4.69, 9.17) is 17.4 Å². The summed E-state index contributed by atoms with van der Waals surface area (Å²) in [6.07, 6.45) is -3.09. The fraction of sp³-hybridized carbons (Fsp3) is 0.0909. The van der Waals surface area contributed by atoms with Gasteiger partial charge in [0.1, 0.15) is 5.82 Å². The zero-order valence-electron chi connectivity index (χ0n) is 10.2. The van der Waals surface area contributed by atoms with Crippen molar-refractivity contribution in [1.82, 2.24) is 9.97 Å². The van der Waals surface area contributed by atoms with Crippen LogP contribution in [0.1, 0.15) is 5.56 Å². The number of nitrogens with two attached hydrogens (primary N) is 1. The summed E-state index contributed by atoms with van der Waals surface area (Å²) < 4.78 is 38.7. The van der Waals surface area contributed by atoms with Gasteiger partial charge in [-0.15, -0.1) is 0 Å². The molecule has 0 radical (unpaired) electrons. The van der Waals surface area contributed by atoms with Gasteiger partial charge in [-0.25, -0.2) is 10.8 Å². The standard InChI is InChI=1S/C11H8BrClF3N5/c12-8-4-18-10(21-17)20-9(8)19-7-2-5(11(14,15)16)1-6(13)3-7/h1-4H,17H2,(H2,18,19,20,21). The Morgan fingerprint density at radius 2 is 1.95 bits per heavy atom. The monoisotopic (exact) mass is 381 g/mol. The van der Waals surface area contributed by atoms with Crippen molar-refractivity contribution in [2.75, 3.05) is 10.7 Å². The van der Waals surface area contributed by atoms with Gasteiger partial charge < -0.3 is 5.32 Å². The lowest BCUT2D eigenvalue weighted by atomic mass is 10.2. The predicted molar refractivity (Wildman–Crippen MR) is 77.3 cm³/mol. The number of hydrogen-bond donors (Lipinski definition) is 3. The van der Waals surface area contributed by atoms with E-state index in [1.54, 1.807) is 0 Å². The van der Waals surface area contributed by atoms with Gasteiger partial charge in [0.05, 0.1) is 10.0 Å². The van der Waals surface area contributed by atoms with Crippen molar-refractivity contribution in [3.05, 3.63) is 39.5 Å². The largest absolute Gasteiger partial charge is 0.416 e. The van der Waals surface area contributed by atoms with E-state index in [1.165, 1.54) is 12.3 Å². The summed E-state index contributed by atoms with van der Waals surface area (Å²) in [5.74, 6) is 5.53. The maximum atomic E-state index is 12.7. The molecule has 112 valence electrons. The Morgan fingerprint density at radius 3 is 2.57 bits per heavy atom. The molecule has 5 nitrogen and oxygen atoms in total. The number of nitrogens with zero attached hydrogens (tertiary/aromatic N) is 2. The maximum Gasteiger partial charge on any atom is 0.416 e. The van der Waals surface area contributed by atoms with Crippen LogP contribution in [0.3, 0.4) is 0 Å². The third-order valence-corrected chi connectivity index (χ3v) is 3.16. The molecule has 0 fully saturated rings. The quantitative estimate of drug-likeness (QED) is 0.554. The topological polar surface area (TPSA) is 75.9 Å². The van der Waals surface area contributed by atoms with Gasteiger partial charge in [0.2, 0.25) is 5.95 Å². The first-order valence-corrected chi connectivity index (χ1v) is 6.60. The van der Waals surface area contributed by atoms with Gasteiger partial charge in [0, 0.05) is 16.9 Å². The molecular formula is C11H8BrClF3N5. The van der Waals surface area contributed by atoms with E-state index in [2.05, 4.69) is 36.6 Å². The van der Waals surface area contributed by atoms with Crippen LogP contribution >= 0.6 is 27.5 Å². The van der Waals surface area contributed by atoms with Crippen LogP contribution in [0.4, 0.5) is 30.6 Å². The van der Waals surface area contributed by atoms with Crippen LogP contribution in [-0.4, -0.2) is 9.97 Å². The summed E-state index contributed by atoms with van der Waals surface area (Å²) in [6.45, 7) is 0. The smallest absolute Gasteiger partial charge is 0.339 e. The fourth-order valence-electron chi connectivity index (χ4n) is 1.49. The average Bonchev–Trinajstić information content (AvgIpc) is 2.39. The van der Waals surface area contributed by atoms with Crippen LogP contribution in [0.2, 0.25) is 5.02 Å². The van der Waals surface area contributed by atoms with Gasteiger partial charge in [-0.05, 0) is 34.1 Å². The molecule has 0 aliphatic rings. The minimum atomic E-state index is -4.49. The molecule has 0 amide bonds. The molecule has 1 aromatic carbocycles. The highest BCUT2D eigenvalue weighted by atomic mass is 79.9. The van der Waals surface area contributed by atoms with Crippen LogP contribution in [0.15, 0.2) is 28.9 Å². The average molecular weight is 383 g/mol. The van der Waals surface area contributed by atoms with E-state index in [-0.39, 0.29) is 22.5 Å². The Morgan fingerprint density at radius 1 is 1.24 bits per heavy atom. The first kappa shape index (κ1) is 15.8. The van der Waals surface area contributed by atoms with Crippen LogP contribution in [-0.2, 0) is 6.18 Å². The molecule has 0 aliphatic carbocycles. The molecule has 1 heterocycles. The van der Waals surface area contributed by atoms with E-state index in [0.29, 0.717) is 4.47 Å². The molecule has 0 aliphatic heterocycles. The first-order chi connectivity index (χ1) is 9.79. The lowest BCUT2D eigenvalue weighted by Gasteiger charge is -2.12. The third kappa shape index (κ3) is 3.96. The summed E-state index contributed by atoms with van der Waals surface area (Å²) in [5.41, 5.74) is 1.51. The van der Waals surface area contributed by atoms with Crippen LogP contribution < -0.4 is 16.6 Å². The molecule has 0 spiro atoms. The molecule has 0 bridgehead atoms. The molecule has 0 unspecified atom stereocenters. The van der Waals surface area contributed by atoms with Crippen molar-refractivity contribution in [2.45, 2.75) is 6.18 Å². The lowest BCUT2D eigenvalue weighted by molar-refractivity contribution is -0.137. The van der Waals surface area contributed by atoms with Crippen molar-refractivity contribution in [2.24, 2.45) is 5.84 Å². The SMILES string of the molecule is NNc1ncc(Br)c(Nc2cc(Cl)cc(C(F)(F)F)c2)n1. The van der Waals surface area contributed by atoms with Gasteiger partial charge in [0.25, 0.3) is 0 Å². The Balaban J connectivity index is 2.38. The molecule has 4 N–H and O–H groups in total. The normalized spacial score (nSPS) is 11.3. The second kappa shape index (κ2) is 6.04. The van der Waals surface area contributed by atoms with Gasteiger partial charge in [-0.1, -0.05) is 11.6 Å². The molecular weight excluding hydrogens is 375 g/mol. The van der Waals surface area contributed by atoms with Gasteiger partial charge in [-0.3, -0.25) is 5.43 Å². The number of rotatable bonds is 3. The molecule has 2 rings (SSSR count). The van der Waals surface area contributed by atoms with E-state index in [0.717, 1.165) is 12.1 Å². The Labute approximate surface area is 130 Å². The Kier molecular flexibility index (Phi) is 4.55. The summed E-state index contributed by atoms with van der Waals surface area (Å²) >= 11 is 8.89. The first-order valence-electron chi connectivity index (χ1n) is 5.43. The van der Waals surface area contributed by atoms with Crippen LogP contribution in [0, 0.1) is 0 Å². The molecule has 1 aromatic heterocycles. The number of nitrogen functional groups attached to an aromatic ring is 1. The van der Waals surface area contributed by atoms with Crippen LogP contribution in [0.5, 0.6) is 0 Å². The Hall–Kier alpha value is -1.58. The van der Waals surface area contributed by atoms with E-state index in [1.807, 2.05) is 0 Å². The number of benzene rings is 1. The second-order valence-electron chi connectivity index (χ2n) is 3.89. The maximum absolute atomic E-state index is 12.7. The summed E-state index contributed by atoms with van der Waals surface area (Å²) in [6, 6.07) is 3.12. The van der Waals surface area contributed by atoms with E-state index in [9.17, 15) is 13.2 Å². The molecule has 0 atom stereocenters. The number of halogens is 5. The number of hydrogen-bond acceptors (Lipinski definition) is 5. The number of anilines is 3.